The number of carbonyl (C=O) groups is 1. The lowest BCUT2D eigenvalue weighted by molar-refractivity contribution is 0.0699. The van der Waals surface area contributed by atoms with Gasteiger partial charge in [0.25, 0.3) is 0 Å². The summed E-state index contributed by atoms with van der Waals surface area (Å²) in [6, 6.07) is 5.59. The molecular weight excluding hydrogens is 268 g/mol. The van der Waals surface area contributed by atoms with Gasteiger partial charge in [0.05, 0.1) is 16.0 Å². The van der Waals surface area contributed by atoms with Gasteiger partial charge in [0, 0.05) is 25.7 Å². The molecule has 1 heterocycles. The molecule has 0 amide bonds. The maximum Gasteiger partial charge on any atom is 0.336 e. The van der Waals surface area contributed by atoms with Crippen LogP contribution in [0, 0.1) is 0 Å². The molecule has 7 heteroatoms. The number of sulfonamides is 1. The van der Waals surface area contributed by atoms with Gasteiger partial charge < -0.3 is 5.11 Å². The summed E-state index contributed by atoms with van der Waals surface area (Å²) in [7, 11) is -0.763. The van der Waals surface area contributed by atoms with E-state index in [1.807, 2.05) is 0 Å². The predicted molar refractivity (Wildman–Crippen MR) is 69.6 cm³/mol. The zero-order valence-electron chi connectivity index (χ0n) is 10.4. The number of aromatic nitrogens is 1. The van der Waals surface area contributed by atoms with Crippen molar-refractivity contribution in [2.45, 2.75) is 4.90 Å². The van der Waals surface area contributed by atoms with Crippen molar-refractivity contribution in [3.8, 4) is 0 Å². The molecule has 19 heavy (non-hydrogen) atoms. The Hall–Kier alpha value is -1.99. The van der Waals surface area contributed by atoms with Gasteiger partial charge in [-0.05, 0) is 24.3 Å². The average molecular weight is 280 g/mol. The molecule has 2 aromatic rings. The van der Waals surface area contributed by atoms with Crippen molar-refractivity contribution in [3.63, 3.8) is 0 Å². The van der Waals surface area contributed by atoms with Crippen LogP contribution in [0.1, 0.15) is 10.4 Å². The summed E-state index contributed by atoms with van der Waals surface area (Å²) in [6.45, 7) is 0. The van der Waals surface area contributed by atoms with Crippen molar-refractivity contribution in [3.05, 3.63) is 36.0 Å². The van der Waals surface area contributed by atoms with Crippen LogP contribution < -0.4 is 0 Å². The minimum absolute atomic E-state index is 0.0285. The Balaban J connectivity index is 2.76. The van der Waals surface area contributed by atoms with Crippen molar-refractivity contribution in [1.82, 2.24) is 9.29 Å². The number of carboxylic acids is 1. The van der Waals surface area contributed by atoms with Crippen LogP contribution in [-0.4, -0.2) is 42.9 Å². The Morgan fingerprint density at radius 1 is 1.26 bits per heavy atom. The van der Waals surface area contributed by atoms with Gasteiger partial charge in [0.2, 0.25) is 10.0 Å². The number of carboxylic acid groups (broad SMARTS) is 1. The number of hydrogen-bond acceptors (Lipinski definition) is 4. The number of fused-ring (bicyclic) bond motifs is 1. The molecule has 0 aliphatic rings. The van der Waals surface area contributed by atoms with Crippen LogP contribution >= 0.6 is 0 Å². The van der Waals surface area contributed by atoms with E-state index in [2.05, 4.69) is 4.98 Å². The van der Waals surface area contributed by atoms with E-state index in [9.17, 15) is 13.2 Å². The highest BCUT2D eigenvalue weighted by atomic mass is 32.2. The normalized spacial score (nSPS) is 11.9. The summed E-state index contributed by atoms with van der Waals surface area (Å²) in [5, 5.41) is 9.40. The van der Waals surface area contributed by atoms with Gasteiger partial charge >= 0.3 is 5.97 Å². The van der Waals surface area contributed by atoms with Gasteiger partial charge in [0.15, 0.2) is 0 Å². The number of nitrogens with zero attached hydrogens (tertiary/aromatic N) is 2. The second-order valence-electron chi connectivity index (χ2n) is 4.13. The first kappa shape index (κ1) is 13.4. The van der Waals surface area contributed by atoms with Gasteiger partial charge in [-0.3, -0.25) is 4.98 Å². The third-order valence-electron chi connectivity index (χ3n) is 2.72. The molecule has 6 nitrogen and oxygen atoms in total. The van der Waals surface area contributed by atoms with E-state index >= 15 is 0 Å². The molecule has 0 bridgehead atoms. The van der Waals surface area contributed by atoms with Crippen molar-refractivity contribution < 1.29 is 18.3 Å². The van der Waals surface area contributed by atoms with Crippen molar-refractivity contribution in [2.24, 2.45) is 0 Å². The quantitative estimate of drug-likeness (QED) is 0.912. The summed E-state index contributed by atoms with van der Waals surface area (Å²) in [5.74, 6) is -1.12. The average Bonchev–Trinajstić information content (AvgIpc) is 2.36. The van der Waals surface area contributed by atoms with Crippen LogP contribution in [-0.2, 0) is 10.0 Å². The van der Waals surface area contributed by atoms with Crippen LogP contribution in [0.5, 0.6) is 0 Å². The molecule has 2 rings (SSSR count). The number of rotatable bonds is 3. The molecule has 1 aromatic heterocycles. The summed E-state index contributed by atoms with van der Waals surface area (Å²) in [4.78, 5) is 15.2. The van der Waals surface area contributed by atoms with Gasteiger partial charge in [-0.25, -0.2) is 17.5 Å². The third kappa shape index (κ3) is 2.29. The predicted octanol–water partition coefficient (Wildman–Crippen LogP) is 1.18. The van der Waals surface area contributed by atoms with Crippen LogP contribution in [0.2, 0.25) is 0 Å². The zero-order valence-corrected chi connectivity index (χ0v) is 11.2. The standard InChI is InChI=1S/C12H12N2O4S/c1-14(2)19(17,18)8-3-4-11-10(7-8)9(12(15)16)5-6-13-11/h3-7H,1-2H3,(H,15,16). The number of aromatic carboxylic acids is 1. The Labute approximate surface area is 110 Å². The molecule has 0 unspecified atom stereocenters. The molecule has 0 atom stereocenters. The molecule has 0 fully saturated rings. The lowest BCUT2D eigenvalue weighted by Crippen LogP contribution is -2.22. The SMILES string of the molecule is CN(C)S(=O)(=O)c1ccc2nccc(C(=O)O)c2c1. The number of hydrogen-bond donors (Lipinski definition) is 1. The molecule has 0 radical (unpaired) electrons. The molecule has 100 valence electrons. The summed E-state index contributed by atoms with van der Waals surface area (Å²) >= 11 is 0. The highest BCUT2D eigenvalue weighted by molar-refractivity contribution is 7.89. The van der Waals surface area contributed by atoms with Gasteiger partial charge in [-0.15, -0.1) is 0 Å². The minimum Gasteiger partial charge on any atom is -0.478 e. The van der Waals surface area contributed by atoms with E-state index < -0.39 is 16.0 Å². The second kappa shape index (κ2) is 4.60. The topological polar surface area (TPSA) is 87.6 Å². The molecule has 1 N–H and O–H groups in total. The second-order valence-corrected chi connectivity index (χ2v) is 6.28. The van der Waals surface area contributed by atoms with Crippen LogP contribution in [0.3, 0.4) is 0 Å². The molecule has 0 aliphatic carbocycles. The van der Waals surface area contributed by atoms with E-state index in [4.69, 9.17) is 5.11 Å². The van der Waals surface area contributed by atoms with E-state index in [1.165, 1.54) is 44.6 Å². The Bertz CT molecular complexity index is 753. The van der Waals surface area contributed by atoms with Gasteiger partial charge in [0.1, 0.15) is 0 Å². The fourth-order valence-corrected chi connectivity index (χ4v) is 2.61. The Morgan fingerprint density at radius 3 is 2.53 bits per heavy atom. The van der Waals surface area contributed by atoms with E-state index in [0.717, 1.165) is 4.31 Å². The fourth-order valence-electron chi connectivity index (χ4n) is 1.68. The molecule has 0 saturated heterocycles. The monoisotopic (exact) mass is 280 g/mol. The lowest BCUT2D eigenvalue weighted by Gasteiger charge is -2.12. The van der Waals surface area contributed by atoms with E-state index in [0.29, 0.717) is 10.9 Å². The molecule has 0 spiro atoms. The maximum absolute atomic E-state index is 12.0. The molecule has 0 saturated carbocycles. The first-order chi connectivity index (χ1) is 8.84. The van der Waals surface area contributed by atoms with Crippen molar-refractivity contribution in [2.75, 3.05) is 14.1 Å². The third-order valence-corrected chi connectivity index (χ3v) is 4.53. The van der Waals surface area contributed by atoms with Crippen molar-refractivity contribution >= 4 is 26.9 Å². The number of pyridine rings is 1. The Kier molecular flexibility index (Phi) is 3.25. The minimum atomic E-state index is -3.60. The zero-order chi connectivity index (χ0) is 14.2. The Morgan fingerprint density at radius 2 is 1.95 bits per heavy atom. The highest BCUT2D eigenvalue weighted by Crippen LogP contribution is 2.22. The maximum atomic E-state index is 12.0. The van der Waals surface area contributed by atoms with Crippen LogP contribution in [0.25, 0.3) is 10.9 Å². The molecular formula is C12H12N2O4S. The smallest absolute Gasteiger partial charge is 0.336 e. The van der Waals surface area contributed by atoms with E-state index in [1.54, 1.807) is 0 Å². The van der Waals surface area contributed by atoms with Gasteiger partial charge in [-0.1, -0.05) is 0 Å². The highest BCUT2D eigenvalue weighted by Gasteiger charge is 2.19. The molecule has 0 aliphatic heterocycles. The fraction of sp³-hybridized carbons (Fsp3) is 0.167. The molecule has 1 aromatic carbocycles. The van der Waals surface area contributed by atoms with Crippen LogP contribution in [0.15, 0.2) is 35.4 Å². The summed E-state index contributed by atoms with van der Waals surface area (Å²) in [6.07, 6.45) is 1.38. The summed E-state index contributed by atoms with van der Waals surface area (Å²) in [5.41, 5.74) is 0.471. The lowest BCUT2D eigenvalue weighted by atomic mass is 10.1. The first-order valence-electron chi connectivity index (χ1n) is 5.38. The van der Waals surface area contributed by atoms with Gasteiger partial charge in [-0.2, -0.15) is 0 Å². The van der Waals surface area contributed by atoms with E-state index in [-0.39, 0.29) is 10.5 Å². The van der Waals surface area contributed by atoms with Crippen LogP contribution in [0.4, 0.5) is 0 Å². The first-order valence-corrected chi connectivity index (χ1v) is 6.82. The summed E-state index contributed by atoms with van der Waals surface area (Å²) < 4.78 is 25.1. The number of benzene rings is 1. The van der Waals surface area contributed by atoms with Crippen molar-refractivity contribution in [1.29, 1.82) is 0 Å². The largest absolute Gasteiger partial charge is 0.478 e.